The highest BCUT2D eigenvalue weighted by Crippen LogP contribution is 2.74. The molecule has 1 atom stereocenters. The average Bonchev–Trinajstić information content (AvgIpc) is 2.49. The second-order valence-corrected chi connectivity index (χ2v) is 5.45. The minimum atomic E-state index is 0.551. The molecule has 2 fully saturated rings. The lowest BCUT2D eigenvalue weighted by atomic mass is 9.80. The van der Waals surface area contributed by atoms with Crippen molar-refractivity contribution in [2.45, 2.75) is 46.0 Å². The molecule has 0 saturated heterocycles. The van der Waals surface area contributed by atoms with Crippen LogP contribution in [0.4, 0.5) is 0 Å². The Morgan fingerprint density at radius 3 is 2.17 bits per heavy atom. The van der Waals surface area contributed by atoms with Crippen molar-refractivity contribution in [2.75, 3.05) is 5.88 Å². The number of halogens is 1. The molecule has 1 unspecified atom stereocenters. The predicted molar refractivity (Wildman–Crippen MR) is 53.5 cm³/mol. The smallest absolute Gasteiger partial charge is 0.0262 e. The highest BCUT2D eigenvalue weighted by molar-refractivity contribution is 6.18. The van der Waals surface area contributed by atoms with Crippen molar-refractivity contribution >= 4 is 11.6 Å². The Labute approximate surface area is 80.7 Å². The third-order valence-corrected chi connectivity index (χ3v) is 4.95. The standard InChI is InChI=1S/C11H19Cl/c1-10(2)9(8-12)11(10)6-4-3-5-7-11/h9H,3-8H2,1-2H3. The number of alkyl halides is 1. The zero-order valence-corrected chi connectivity index (χ0v) is 8.95. The lowest BCUT2D eigenvalue weighted by Gasteiger charge is -2.25. The molecular weight excluding hydrogens is 168 g/mol. The fourth-order valence-corrected chi connectivity index (χ4v) is 4.26. The third kappa shape index (κ3) is 0.907. The molecule has 0 N–H and O–H groups in total. The summed E-state index contributed by atoms with van der Waals surface area (Å²) in [7, 11) is 0. The molecule has 2 aliphatic carbocycles. The summed E-state index contributed by atoms with van der Waals surface area (Å²) in [6, 6.07) is 0. The van der Waals surface area contributed by atoms with Gasteiger partial charge in [-0.25, -0.2) is 0 Å². The van der Waals surface area contributed by atoms with E-state index in [1.807, 2.05) is 0 Å². The third-order valence-electron chi connectivity index (χ3n) is 4.64. The van der Waals surface area contributed by atoms with Crippen LogP contribution in [0.3, 0.4) is 0 Å². The van der Waals surface area contributed by atoms with Gasteiger partial charge in [-0.1, -0.05) is 33.1 Å². The molecule has 2 rings (SSSR count). The van der Waals surface area contributed by atoms with Crippen LogP contribution in [0.1, 0.15) is 46.0 Å². The highest BCUT2D eigenvalue weighted by Gasteiger charge is 2.68. The van der Waals surface area contributed by atoms with E-state index in [-0.39, 0.29) is 0 Å². The van der Waals surface area contributed by atoms with Gasteiger partial charge in [0.15, 0.2) is 0 Å². The average molecular weight is 187 g/mol. The normalized spacial score (nSPS) is 36.8. The summed E-state index contributed by atoms with van der Waals surface area (Å²) in [6.45, 7) is 4.82. The Balaban J connectivity index is 2.12. The van der Waals surface area contributed by atoms with Crippen molar-refractivity contribution in [3.05, 3.63) is 0 Å². The van der Waals surface area contributed by atoms with E-state index in [1.54, 1.807) is 0 Å². The highest BCUT2D eigenvalue weighted by atomic mass is 35.5. The molecule has 0 nitrogen and oxygen atoms in total. The van der Waals surface area contributed by atoms with Crippen LogP contribution in [0.15, 0.2) is 0 Å². The van der Waals surface area contributed by atoms with Gasteiger partial charge in [-0.15, -0.1) is 11.6 Å². The Hall–Kier alpha value is 0.290. The maximum Gasteiger partial charge on any atom is 0.0262 e. The van der Waals surface area contributed by atoms with E-state index >= 15 is 0 Å². The number of hydrogen-bond acceptors (Lipinski definition) is 0. The van der Waals surface area contributed by atoms with E-state index in [2.05, 4.69) is 13.8 Å². The monoisotopic (exact) mass is 186 g/mol. The molecular formula is C11H19Cl. The Morgan fingerprint density at radius 2 is 1.75 bits per heavy atom. The zero-order chi connectivity index (χ0) is 8.82. The minimum absolute atomic E-state index is 0.551. The minimum Gasteiger partial charge on any atom is -0.126 e. The van der Waals surface area contributed by atoms with Crippen LogP contribution in [-0.4, -0.2) is 5.88 Å². The second kappa shape index (κ2) is 2.64. The molecule has 1 spiro atoms. The Kier molecular flexibility index (Phi) is 1.95. The van der Waals surface area contributed by atoms with Crippen LogP contribution in [0.25, 0.3) is 0 Å². The van der Waals surface area contributed by atoms with E-state index in [1.165, 1.54) is 32.1 Å². The van der Waals surface area contributed by atoms with Gasteiger partial charge in [-0.3, -0.25) is 0 Å². The first-order chi connectivity index (χ1) is 5.65. The molecule has 2 saturated carbocycles. The van der Waals surface area contributed by atoms with Crippen LogP contribution in [-0.2, 0) is 0 Å². The van der Waals surface area contributed by atoms with Crippen LogP contribution < -0.4 is 0 Å². The SMILES string of the molecule is CC1(C)C(CCl)C12CCCCC2. The van der Waals surface area contributed by atoms with Crippen LogP contribution in [0, 0.1) is 16.7 Å². The van der Waals surface area contributed by atoms with E-state index in [0.29, 0.717) is 10.8 Å². The fourth-order valence-electron chi connectivity index (χ4n) is 3.58. The van der Waals surface area contributed by atoms with E-state index in [9.17, 15) is 0 Å². The summed E-state index contributed by atoms with van der Waals surface area (Å²) < 4.78 is 0. The van der Waals surface area contributed by atoms with Gasteiger partial charge in [0.2, 0.25) is 0 Å². The van der Waals surface area contributed by atoms with Crippen LogP contribution in [0.5, 0.6) is 0 Å². The molecule has 0 aromatic carbocycles. The summed E-state index contributed by atoms with van der Waals surface area (Å²) in [5, 5.41) is 0. The van der Waals surface area contributed by atoms with Gasteiger partial charge in [-0.2, -0.15) is 0 Å². The van der Waals surface area contributed by atoms with Crippen molar-refractivity contribution in [1.82, 2.24) is 0 Å². The van der Waals surface area contributed by atoms with E-state index in [0.717, 1.165) is 11.8 Å². The Bertz CT molecular complexity index is 177. The molecule has 0 aliphatic heterocycles. The molecule has 0 amide bonds. The zero-order valence-electron chi connectivity index (χ0n) is 8.20. The summed E-state index contributed by atoms with van der Waals surface area (Å²) >= 11 is 6.01. The maximum absolute atomic E-state index is 6.01. The molecule has 0 aromatic heterocycles. The van der Waals surface area contributed by atoms with Crippen molar-refractivity contribution < 1.29 is 0 Å². The van der Waals surface area contributed by atoms with Gasteiger partial charge < -0.3 is 0 Å². The van der Waals surface area contributed by atoms with Crippen molar-refractivity contribution in [2.24, 2.45) is 16.7 Å². The van der Waals surface area contributed by atoms with E-state index < -0.39 is 0 Å². The van der Waals surface area contributed by atoms with Gasteiger partial charge in [0, 0.05) is 5.88 Å². The van der Waals surface area contributed by atoms with Crippen LogP contribution in [0.2, 0.25) is 0 Å². The first kappa shape index (κ1) is 8.87. The maximum atomic E-state index is 6.01. The van der Waals surface area contributed by atoms with Gasteiger partial charge in [-0.05, 0) is 29.6 Å². The molecule has 70 valence electrons. The largest absolute Gasteiger partial charge is 0.126 e. The molecule has 0 radical (unpaired) electrons. The Morgan fingerprint density at radius 1 is 1.17 bits per heavy atom. The lowest BCUT2D eigenvalue weighted by molar-refractivity contribution is 0.265. The summed E-state index contributed by atoms with van der Waals surface area (Å²) in [5.74, 6) is 1.69. The molecule has 12 heavy (non-hydrogen) atoms. The second-order valence-electron chi connectivity index (χ2n) is 5.15. The molecule has 0 aromatic rings. The predicted octanol–water partition coefficient (Wildman–Crippen LogP) is 3.83. The topological polar surface area (TPSA) is 0 Å². The molecule has 1 heteroatoms. The summed E-state index contributed by atoms with van der Waals surface area (Å²) in [4.78, 5) is 0. The molecule has 0 bridgehead atoms. The summed E-state index contributed by atoms with van der Waals surface area (Å²) in [5.41, 5.74) is 1.21. The number of rotatable bonds is 1. The van der Waals surface area contributed by atoms with Crippen LogP contribution >= 0.6 is 11.6 Å². The van der Waals surface area contributed by atoms with Gasteiger partial charge in [0.25, 0.3) is 0 Å². The van der Waals surface area contributed by atoms with Gasteiger partial charge >= 0.3 is 0 Å². The van der Waals surface area contributed by atoms with Gasteiger partial charge in [0.05, 0.1) is 0 Å². The summed E-state index contributed by atoms with van der Waals surface area (Å²) in [6.07, 6.45) is 7.22. The fraction of sp³-hybridized carbons (Fsp3) is 1.00. The van der Waals surface area contributed by atoms with Crippen molar-refractivity contribution in [3.63, 3.8) is 0 Å². The van der Waals surface area contributed by atoms with Crippen molar-refractivity contribution in [1.29, 1.82) is 0 Å². The molecule has 0 heterocycles. The number of hydrogen-bond donors (Lipinski definition) is 0. The quantitative estimate of drug-likeness (QED) is 0.546. The first-order valence-electron chi connectivity index (χ1n) is 5.21. The van der Waals surface area contributed by atoms with E-state index in [4.69, 9.17) is 11.6 Å². The molecule has 2 aliphatic rings. The van der Waals surface area contributed by atoms with Crippen molar-refractivity contribution in [3.8, 4) is 0 Å². The first-order valence-corrected chi connectivity index (χ1v) is 5.74. The van der Waals surface area contributed by atoms with Gasteiger partial charge in [0.1, 0.15) is 0 Å². The lowest BCUT2D eigenvalue weighted by Crippen LogP contribution is -2.13.